The van der Waals surface area contributed by atoms with Crippen molar-refractivity contribution in [3.8, 4) is 5.75 Å². The molecule has 1 saturated carbocycles. The molecule has 1 aliphatic heterocycles. The molecule has 250 valence electrons. The number of benzene rings is 3. The van der Waals surface area contributed by atoms with E-state index in [1.165, 1.54) is 11.1 Å². The van der Waals surface area contributed by atoms with E-state index in [4.69, 9.17) is 21.5 Å². The number of aryl methyl sites for hydroxylation is 1. The highest BCUT2D eigenvalue weighted by atomic mass is 35.5. The van der Waals surface area contributed by atoms with Gasteiger partial charge in [0.15, 0.2) is 0 Å². The number of hydrogen-bond acceptors (Lipinski definition) is 6. The number of carboxylic acid groups (broad SMARTS) is 1. The van der Waals surface area contributed by atoms with Gasteiger partial charge in [-0.25, -0.2) is 18.4 Å². The lowest BCUT2D eigenvalue weighted by Gasteiger charge is -2.45. The number of hydrogen-bond donors (Lipinski definition) is 3. The van der Waals surface area contributed by atoms with Crippen LogP contribution in [-0.4, -0.2) is 50.4 Å². The maximum absolute atomic E-state index is 12.5. The lowest BCUT2D eigenvalue weighted by Crippen LogP contribution is -2.49. The summed E-state index contributed by atoms with van der Waals surface area (Å²) in [5.41, 5.74) is 3.82. The summed E-state index contributed by atoms with van der Waals surface area (Å²) < 4.78 is 31.4. The first-order valence-corrected chi connectivity index (χ1v) is 18.4. The topological polar surface area (TPSA) is 130 Å². The molecule has 1 heterocycles. The van der Waals surface area contributed by atoms with Crippen molar-refractivity contribution in [2.75, 3.05) is 24.6 Å². The van der Waals surface area contributed by atoms with Gasteiger partial charge in [0.05, 0.1) is 24.0 Å². The van der Waals surface area contributed by atoms with Crippen molar-refractivity contribution in [3.63, 3.8) is 0 Å². The summed E-state index contributed by atoms with van der Waals surface area (Å²) in [4.78, 5) is 14.3. The minimum absolute atomic E-state index is 0.0217. The summed E-state index contributed by atoms with van der Waals surface area (Å²) in [5, 5.41) is 26.6. The van der Waals surface area contributed by atoms with Gasteiger partial charge in [-0.2, -0.15) is 0 Å². The van der Waals surface area contributed by atoms with Crippen LogP contribution >= 0.6 is 11.6 Å². The Bertz CT molecular complexity index is 1750. The van der Waals surface area contributed by atoms with E-state index in [2.05, 4.69) is 17.0 Å². The first-order chi connectivity index (χ1) is 22.4. The SMILES string of the molecule is C[C@@H](C/C=C/[C@H](O)[C@@H]1CC[C@H]1CN1C[C@@]2(CCCc3cc(Cl)ccc32)COc2ccc(C(=O)O)cc21)[C@H](c1ccccc1)S(N)(=O)=O. The number of aliphatic hydroxyl groups is 1. The van der Waals surface area contributed by atoms with Crippen LogP contribution in [0.25, 0.3) is 0 Å². The summed E-state index contributed by atoms with van der Waals surface area (Å²) in [6, 6.07) is 20.2. The number of halogens is 1. The number of aliphatic hydroxyl groups excluding tert-OH is 1. The molecule has 4 N–H and O–H groups in total. The molecule has 10 heteroatoms. The Kier molecular flexibility index (Phi) is 9.72. The van der Waals surface area contributed by atoms with Crippen LogP contribution in [0.5, 0.6) is 5.75 Å². The van der Waals surface area contributed by atoms with Gasteiger partial charge < -0.3 is 19.8 Å². The molecule has 3 aromatic rings. The number of anilines is 1. The Morgan fingerprint density at radius 1 is 1.15 bits per heavy atom. The van der Waals surface area contributed by atoms with E-state index in [1.807, 2.05) is 25.1 Å². The van der Waals surface area contributed by atoms with E-state index < -0.39 is 27.3 Å². The maximum atomic E-state index is 12.5. The van der Waals surface area contributed by atoms with Crippen molar-refractivity contribution in [1.29, 1.82) is 0 Å². The van der Waals surface area contributed by atoms with Gasteiger partial charge in [0, 0.05) is 23.5 Å². The Hall–Kier alpha value is -3.37. The van der Waals surface area contributed by atoms with E-state index in [0.717, 1.165) is 42.8 Å². The molecule has 2 aliphatic carbocycles. The van der Waals surface area contributed by atoms with Crippen molar-refractivity contribution in [2.24, 2.45) is 22.9 Å². The molecule has 0 unspecified atom stereocenters. The molecule has 0 radical (unpaired) electrons. The van der Waals surface area contributed by atoms with Crippen molar-refractivity contribution >= 4 is 33.3 Å². The fourth-order valence-electron chi connectivity index (χ4n) is 7.98. The number of primary sulfonamides is 1. The first-order valence-electron chi connectivity index (χ1n) is 16.4. The van der Waals surface area contributed by atoms with Crippen molar-refractivity contribution in [2.45, 2.75) is 62.2 Å². The highest BCUT2D eigenvalue weighted by molar-refractivity contribution is 7.89. The normalized spacial score (nSPS) is 24.4. The standard InChI is InChI=1S/C37H43ClN2O6S/c1-24(35(47(39,44)45)25-8-3-2-4-9-25)7-5-11-33(41)30-15-12-28(30)21-40-22-37(18-6-10-26-19-29(38)14-16-31(26)37)23-46-34-17-13-27(36(42)43)20-32(34)40/h2-5,8-9,11,13-14,16-17,19-20,24,28,30,33,35,41H,6-7,10,12,15,18,21-23H2,1H3,(H,42,43)(H2,39,44,45)/b11-5+/t24-,28-,30+,33-,35+,37-/m0/s1. The second-order valence-electron chi connectivity index (χ2n) is 13.6. The monoisotopic (exact) mass is 678 g/mol. The number of carbonyl (C=O) groups is 1. The number of rotatable bonds is 10. The van der Waals surface area contributed by atoms with Gasteiger partial charge in [0.1, 0.15) is 11.0 Å². The zero-order chi connectivity index (χ0) is 33.3. The number of nitrogens with two attached hydrogens (primary N) is 1. The summed E-state index contributed by atoms with van der Waals surface area (Å²) >= 11 is 6.38. The molecule has 0 saturated heterocycles. The van der Waals surface area contributed by atoms with Gasteiger partial charge in [0.2, 0.25) is 10.0 Å². The van der Waals surface area contributed by atoms with Crippen LogP contribution in [-0.2, 0) is 21.9 Å². The smallest absolute Gasteiger partial charge is 0.335 e. The average molecular weight is 679 g/mol. The van der Waals surface area contributed by atoms with Gasteiger partial charge in [0.25, 0.3) is 0 Å². The van der Waals surface area contributed by atoms with Crippen LogP contribution in [0, 0.1) is 17.8 Å². The lowest BCUT2D eigenvalue weighted by molar-refractivity contribution is 0.0456. The zero-order valence-electron chi connectivity index (χ0n) is 26.6. The summed E-state index contributed by atoms with van der Waals surface area (Å²) in [6.07, 6.45) is 8.15. The maximum Gasteiger partial charge on any atom is 0.335 e. The van der Waals surface area contributed by atoms with Gasteiger partial charge in [-0.15, -0.1) is 0 Å². The second kappa shape index (κ2) is 13.6. The number of allylic oxidation sites excluding steroid dienone is 1. The first kappa shape index (κ1) is 33.5. The molecule has 0 bridgehead atoms. The third-order valence-corrected chi connectivity index (χ3v) is 12.2. The molecule has 1 fully saturated rings. The number of sulfonamides is 1. The van der Waals surface area contributed by atoms with E-state index >= 15 is 0 Å². The van der Waals surface area contributed by atoms with Crippen LogP contribution in [0.3, 0.4) is 0 Å². The highest BCUT2D eigenvalue weighted by Gasteiger charge is 2.44. The number of fused-ring (bicyclic) bond motifs is 3. The fourth-order valence-corrected chi connectivity index (χ4v) is 9.47. The largest absolute Gasteiger partial charge is 0.490 e. The molecule has 0 amide bonds. The molecular weight excluding hydrogens is 636 g/mol. The number of carboxylic acids is 1. The molecule has 0 aromatic heterocycles. The highest BCUT2D eigenvalue weighted by Crippen LogP contribution is 2.46. The Balaban J connectivity index is 1.21. The Labute approximate surface area is 282 Å². The minimum Gasteiger partial charge on any atom is -0.490 e. The second-order valence-corrected chi connectivity index (χ2v) is 15.8. The van der Waals surface area contributed by atoms with Crippen LogP contribution < -0.4 is 14.8 Å². The Morgan fingerprint density at radius 2 is 1.94 bits per heavy atom. The van der Waals surface area contributed by atoms with Gasteiger partial charge in [-0.05, 0) is 103 Å². The molecule has 3 aliphatic rings. The summed E-state index contributed by atoms with van der Waals surface area (Å²) in [6.45, 7) is 3.66. The van der Waals surface area contributed by atoms with E-state index in [9.17, 15) is 23.4 Å². The van der Waals surface area contributed by atoms with Crippen LogP contribution in [0.2, 0.25) is 5.02 Å². The Morgan fingerprint density at radius 3 is 2.64 bits per heavy atom. The van der Waals surface area contributed by atoms with Crippen LogP contribution in [0.15, 0.2) is 78.9 Å². The average Bonchev–Trinajstić information content (AvgIpc) is 3.16. The van der Waals surface area contributed by atoms with E-state index in [-0.39, 0.29) is 28.7 Å². The third kappa shape index (κ3) is 7.09. The predicted molar refractivity (Wildman–Crippen MR) is 185 cm³/mol. The van der Waals surface area contributed by atoms with E-state index in [1.54, 1.807) is 48.5 Å². The number of nitrogens with zero attached hydrogens (tertiary/aromatic N) is 1. The minimum atomic E-state index is -3.83. The third-order valence-electron chi connectivity index (χ3n) is 10.5. The quantitative estimate of drug-likeness (QED) is 0.209. The molecule has 1 spiro atoms. The molecule has 8 nitrogen and oxygen atoms in total. The van der Waals surface area contributed by atoms with Gasteiger partial charge in [-0.1, -0.05) is 67.1 Å². The summed E-state index contributed by atoms with van der Waals surface area (Å²) in [5.74, 6) is -0.403. The van der Waals surface area contributed by atoms with Crippen molar-refractivity contribution in [1.82, 2.24) is 0 Å². The van der Waals surface area contributed by atoms with Crippen molar-refractivity contribution in [3.05, 3.63) is 106 Å². The predicted octanol–water partition coefficient (Wildman–Crippen LogP) is 6.51. The number of aromatic carboxylic acids is 1. The van der Waals surface area contributed by atoms with Gasteiger partial charge >= 0.3 is 5.97 Å². The molecular formula is C37H43ClN2O6S. The molecule has 6 rings (SSSR count). The van der Waals surface area contributed by atoms with E-state index in [0.29, 0.717) is 37.4 Å². The summed E-state index contributed by atoms with van der Waals surface area (Å²) in [7, 11) is -3.83. The lowest BCUT2D eigenvalue weighted by atomic mass is 9.68. The molecule has 3 aromatic carbocycles. The fraction of sp³-hybridized carbons (Fsp3) is 0.432. The molecule has 47 heavy (non-hydrogen) atoms. The van der Waals surface area contributed by atoms with Crippen LogP contribution in [0.4, 0.5) is 5.69 Å². The van der Waals surface area contributed by atoms with Crippen LogP contribution in [0.1, 0.15) is 71.3 Å². The zero-order valence-corrected chi connectivity index (χ0v) is 28.2. The molecule has 6 atom stereocenters. The van der Waals surface area contributed by atoms with Gasteiger partial charge in [-0.3, -0.25) is 0 Å². The number of ether oxygens (including phenoxy) is 1. The van der Waals surface area contributed by atoms with Crippen molar-refractivity contribution < 1.29 is 28.2 Å².